The Morgan fingerprint density at radius 2 is 1.54 bits per heavy atom. The van der Waals surface area contributed by atoms with Crippen molar-refractivity contribution in [1.82, 2.24) is 5.32 Å². The fraction of sp³-hybridized carbons (Fsp3) is 0.167. The lowest BCUT2D eigenvalue weighted by Gasteiger charge is -2.25. The fourth-order valence-electron chi connectivity index (χ4n) is 2.81. The van der Waals surface area contributed by atoms with E-state index >= 15 is 0 Å². The molecule has 0 aliphatic heterocycles. The van der Waals surface area contributed by atoms with Crippen molar-refractivity contribution < 1.29 is 22.6 Å². The molecule has 0 aliphatic rings. The molecule has 3 aromatic rings. The predicted molar refractivity (Wildman–Crippen MR) is 134 cm³/mol. The van der Waals surface area contributed by atoms with Gasteiger partial charge >= 0.3 is 6.18 Å². The molecule has 35 heavy (non-hydrogen) atoms. The normalized spacial score (nSPS) is 12.9. The lowest BCUT2D eigenvalue weighted by atomic mass is 10.0. The average Bonchev–Trinajstić information content (AvgIpc) is 2.80. The van der Waals surface area contributed by atoms with E-state index in [1.54, 1.807) is 24.3 Å². The van der Waals surface area contributed by atoms with Crippen LogP contribution in [0.15, 0.2) is 60.7 Å². The summed E-state index contributed by atoms with van der Waals surface area (Å²) in [4.78, 5) is 0.0897. The maximum atomic E-state index is 12.8. The lowest BCUT2D eigenvalue weighted by Crippen LogP contribution is -2.49. The molecule has 11 heteroatoms. The van der Waals surface area contributed by atoms with E-state index in [-0.39, 0.29) is 28.1 Å². The first-order valence-electron chi connectivity index (χ1n) is 9.86. The molecular weight excluding hydrogens is 544 g/mol. The average molecular weight is 560 g/mol. The van der Waals surface area contributed by atoms with Crippen LogP contribution in [0.5, 0.6) is 17.2 Å². The minimum atomic E-state index is -4.46. The van der Waals surface area contributed by atoms with Crippen molar-refractivity contribution in [3.8, 4) is 23.3 Å². The minimum absolute atomic E-state index is 0.0897. The van der Waals surface area contributed by atoms with E-state index in [4.69, 9.17) is 56.5 Å². The van der Waals surface area contributed by atoms with Crippen LogP contribution in [0, 0.1) is 11.3 Å². The van der Waals surface area contributed by atoms with Gasteiger partial charge in [-0.3, -0.25) is 0 Å². The van der Waals surface area contributed by atoms with Crippen molar-refractivity contribution in [2.45, 2.75) is 18.6 Å². The molecular formula is C24H16Cl3F3N2O2S. The van der Waals surface area contributed by atoms with Crippen LogP contribution in [0.2, 0.25) is 15.1 Å². The van der Waals surface area contributed by atoms with Crippen LogP contribution >= 0.6 is 47.0 Å². The summed E-state index contributed by atoms with van der Waals surface area (Å²) in [5.41, 5.74) is -1.80. The van der Waals surface area contributed by atoms with E-state index in [9.17, 15) is 18.4 Å². The molecule has 0 amide bonds. The smallest absolute Gasteiger partial charge is 0.416 e. The van der Waals surface area contributed by atoms with E-state index in [0.29, 0.717) is 21.4 Å². The number of nitrogens with one attached hydrogen (secondary N) is 1. The van der Waals surface area contributed by atoms with E-state index < -0.39 is 17.3 Å². The number of halogens is 6. The van der Waals surface area contributed by atoms with Gasteiger partial charge < -0.3 is 14.8 Å². The Hall–Kier alpha value is -2.70. The van der Waals surface area contributed by atoms with E-state index in [1.165, 1.54) is 31.2 Å². The van der Waals surface area contributed by atoms with Crippen LogP contribution in [-0.4, -0.2) is 17.1 Å². The molecule has 3 aromatic carbocycles. The van der Waals surface area contributed by atoms with Crippen LogP contribution in [-0.2, 0) is 6.18 Å². The second-order valence-electron chi connectivity index (χ2n) is 7.53. The number of alkyl halides is 3. The van der Waals surface area contributed by atoms with E-state index in [1.807, 2.05) is 0 Å². The van der Waals surface area contributed by atoms with Crippen molar-refractivity contribution in [1.29, 1.82) is 5.26 Å². The second kappa shape index (κ2) is 10.9. The van der Waals surface area contributed by atoms with Gasteiger partial charge in [0.1, 0.15) is 17.3 Å². The summed E-state index contributed by atoms with van der Waals surface area (Å²) in [6, 6.07) is 15.7. The van der Waals surface area contributed by atoms with Crippen LogP contribution in [0.25, 0.3) is 0 Å². The molecule has 4 nitrogen and oxygen atoms in total. The Morgan fingerprint density at radius 1 is 0.943 bits per heavy atom. The summed E-state index contributed by atoms with van der Waals surface area (Å²) in [7, 11) is 0. The first-order chi connectivity index (χ1) is 16.4. The monoisotopic (exact) mass is 558 g/mol. The van der Waals surface area contributed by atoms with Gasteiger partial charge in [0.25, 0.3) is 0 Å². The Labute approximate surface area is 220 Å². The van der Waals surface area contributed by atoms with Gasteiger partial charge in [-0.1, -0.05) is 59.2 Å². The van der Waals surface area contributed by atoms with Crippen molar-refractivity contribution >= 4 is 52.0 Å². The molecule has 0 saturated heterocycles. The summed E-state index contributed by atoms with van der Waals surface area (Å²) in [5.74, 6) is 0.823. The third-order valence-corrected chi connectivity index (χ3v) is 5.75. The highest BCUT2D eigenvalue weighted by Crippen LogP contribution is 2.38. The van der Waals surface area contributed by atoms with Crippen molar-refractivity contribution in [2.75, 3.05) is 6.61 Å². The molecule has 3 rings (SSSR count). The summed E-state index contributed by atoms with van der Waals surface area (Å²) < 4.78 is 50.1. The van der Waals surface area contributed by atoms with Crippen LogP contribution < -0.4 is 14.8 Å². The number of thiocarbonyl (C=S) groups is 1. The predicted octanol–water partition coefficient (Wildman–Crippen LogP) is 8.08. The van der Waals surface area contributed by atoms with Crippen LogP contribution in [0.4, 0.5) is 13.2 Å². The van der Waals surface area contributed by atoms with Crippen LogP contribution in [0.3, 0.4) is 0 Å². The standard InChI is InChI=1S/C24H16Cl3F3N2O2S/c1-23(12-31,32-22(35)14-2-4-15(5-3-14)24(28,29)30)13-33-20-9-7-17(26)11-21(20)34-19-8-6-16(25)10-18(19)27/h2-11H,13H2,1H3,(H,32,35). The number of rotatable bonds is 7. The lowest BCUT2D eigenvalue weighted by molar-refractivity contribution is -0.137. The van der Waals surface area contributed by atoms with Gasteiger partial charge in [-0.05, 0) is 49.4 Å². The number of nitriles is 1. The van der Waals surface area contributed by atoms with E-state index in [0.717, 1.165) is 12.1 Å². The zero-order valence-corrected chi connectivity index (χ0v) is 21.0. The maximum Gasteiger partial charge on any atom is 0.416 e. The van der Waals surface area contributed by atoms with Gasteiger partial charge in [0.05, 0.1) is 16.7 Å². The third-order valence-electron chi connectivity index (χ3n) is 4.65. The molecule has 0 heterocycles. The molecule has 1 atom stereocenters. The number of hydrogen-bond donors (Lipinski definition) is 1. The number of benzene rings is 3. The van der Waals surface area contributed by atoms with Gasteiger partial charge in [-0.2, -0.15) is 18.4 Å². The second-order valence-corrected chi connectivity index (χ2v) is 9.22. The Balaban J connectivity index is 1.74. The quantitative estimate of drug-likeness (QED) is 0.297. The molecule has 0 saturated carbocycles. The van der Waals surface area contributed by atoms with Gasteiger partial charge in [-0.15, -0.1) is 0 Å². The molecule has 0 aliphatic carbocycles. The minimum Gasteiger partial charge on any atom is -0.486 e. The number of nitrogens with zero attached hydrogens (tertiary/aromatic N) is 1. The molecule has 182 valence electrons. The van der Waals surface area contributed by atoms with Gasteiger partial charge in [0.15, 0.2) is 17.0 Å². The molecule has 1 N–H and O–H groups in total. The fourth-order valence-corrected chi connectivity index (χ4v) is 3.78. The summed E-state index contributed by atoms with van der Waals surface area (Å²) >= 11 is 23.5. The Morgan fingerprint density at radius 3 is 2.11 bits per heavy atom. The zero-order chi connectivity index (χ0) is 25.8. The van der Waals surface area contributed by atoms with Crippen LogP contribution in [0.1, 0.15) is 18.1 Å². The Kier molecular flexibility index (Phi) is 8.39. The number of ether oxygens (including phenoxy) is 2. The first-order valence-corrected chi connectivity index (χ1v) is 11.4. The van der Waals surface area contributed by atoms with Crippen molar-refractivity contribution in [2.24, 2.45) is 0 Å². The largest absolute Gasteiger partial charge is 0.486 e. The number of hydrogen-bond acceptors (Lipinski definition) is 4. The first kappa shape index (κ1) is 26.9. The van der Waals surface area contributed by atoms with Gasteiger partial charge in [0, 0.05) is 21.7 Å². The third kappa shape index (κ3) is 7.15. The maximum absolute atomic E-state index is 12.8. The molecule has 0 radical (unpaired) electrons. The zero-order valence-electron chi connectivity index (χ0n) is 17.9. The topological polar surface area (TPSA) is 54.3 Å². The highest BCUT2D eigenvalue weighted by molar-refractivity contribution is 7.80. The summed E-state index contributed by atoms with van der Waals surface area (Å²) in [5, 5.41) is 13.7. The van der Waals surface area contributed by atoms with Crippen molar-refractivity contribution in [3.63, 3.8) is 0 Å². The molecule has 0 fully saturated rings. The SMILES string of the molecule is CC(C#N)(COc1ccc(Cl)cc1Oc1ccc(Cl)cc1Cl)NC(=S)c1ccc(C(F)(F)F)cc1. The molecule has 0 aromatic heterocycles. The van der Waals surface area contributed by atoms with Gasteiger partial charge in [-0.25, -0.2) is 0 Å². The molecule has 1 unspecified atom stereocenters. The summed E-state index contributed by atoms with van der Waals surface area (Å²) in [6.45, 7) is 1.35. The summed E-state index contributed by atoms with van der Waals surface area (Å²) in [6.07, 6.45) is -4.46. The molecule has 0 spiro atoms. The molecule has 0 bridgehead atoms. The highest BCUT2D eigenvalue weighted by atomic mass is 35.5. The Bertz CT molecular complexity index is 1280. The van der Waals surface area contributed by atoms with Crippen molar-refractivity contribution in [3.05, 3.63) is 86.9 Å². The van der Waals surface area contributed by atoms with Gasteiger partial charge in [0.2, 0.25) is 0 Å². The van der Waals surface area contributed by atoms with E-state index in [2.05, 4.69) is 11.4 Å². The highest BCUT2D eigenvalue weighted by Gasteiger charge is 2.31.